The van der Waals surface area contributed by atoms with Crippen LogP contribution in [-0.2, 0) is 12.8 Å². The first-order chi connectivity index (χ1) is 12.7. The number of carbonyl (C=O) groups is 1. The van der Waals surface area contributed by atoms with Gasteiger partial charge in [0.1, 0.15) is 11.1 Å². The van der Waals surface area contributed by atoms with Crippen molar-refractivity contribution in [2.24, 2.45) is 0 Å². The second kappa shape index (κ2) is 7.06. The number of nitrogens with zero attached hydrogens (tertiary/aromatic N) is 2. The number of aromatic nitrogens is 1. The van der Waals surface area contributed by atoms with Crippen LogP contribution < -0.4 is 5.32 Å². The van der Waals surface area contributed by atoms with E-state index in [2.05, 4.69) is 32.5 Å². The van der Waals surface area contributed by atoms with Crippen LogP contribution in [0.3, 0.4) is 0 Å². The summed E-state index contributed by atoms with van der Waals surface area (Å²) >= 11 is 4.88. The van der Waals surface area contributed by atoms with Gasteiger partial charge < -0.3 is 9.84 Å². The molecule has 0 saturated carbocycles. The maximum atomic E-state index is 12.5. The van der Waals surface area contributed by atoms with E-state index in [0.717, 1.165) is 41.3 Å². The van der Waals surface area contributed by atoms with Gasteiger partial charge in [0.25, 0.3) is 5.91 Å². The minimum Gasteiger partial charge on any atom is -0.355 e. The fourth-order valence-corrected chi connectivity index (χ4v) is 4.57. The molecule has 0 saturated heterocycles. The fraction of sp³-hybridized carbons (Fsp3) is 0.211. The van der Waals surface area contributed by atoms with Gasteiger partial charge in [-0.1, -0.05) is 33.2 Å². The van der Waals surface area contributed by atoms with Gasteiger partial charge in [-0.2, -0.15) is 5.26 Å². The number of fused-ring (bicyclic) bond motifs is 1. The molecule has 2 aromatic heterocycles. The molecule has 0 bridgehead atoms. The van der Waals surface area contributed by atoms with Gasteiger partial charge in [0, 0.05) is 21.0 Å². The molecular weight excluding hydrogens is 414 g/mol. The molecule has 0 radical (unpaired) electrons. The third-order valence-electron chi connectivity index (χ3n) is 4.38. The van der Waals surface area contributed by atoms with Crippen LogP contribution in [0.15, 0.2) is 39.3 Å². The van der Waals surface area contributed by atoms with E-state index in [1.54, 1.807) is 6.07 Å². The van der Waals surface area contributed by atoms with E-state index in [-0.39, 0.29) is 11.6 Å². The van der Waals surface area contributed by atoms with Crippen LogP contribution in [0.2, 0.25) is 0 Å². The van der Waals surface area contributed by atoms with Crippen LogP contribution in [0, 0.1) is 11.3 Å². The first kappa shape index (κ1) is 17.0. The summed E-state index contributed by atoms with van der Waals surface area (Å²) in [5.41, 5.74) is 2.71. The van der Waals surface area contributed by atoms with E-state index in [0.29, 0.717) is 16.3 Å². The van der Waals surface area contributed by atoms with Gasteiger partial charge in [0.2, 0.25) is 0 Å². The Bertz CT molecular complexity index is 1010. The van der Waals surface area contributed by atoms with Gasteiger partial charge in [0.15, 0.2) is 11.5 Å². The van der Waals surface area contributed by atoms with Crippen molar-refractivity contribution in [1.29, 1.82) is 5.26 Å². The zero-order chi connectivity index (χ0) is 18.1. The Balaban J connectivity index is 1.57. The topological polar surface area (TPSA) is 78.9 Å². The molecule has 1 aliphatic rings. The summed E-state index contributed by atoms with van der Waals surface area (Å²) in [5, 5.41) is 16.8. The first-order valence-corrected chi connectivity index (χ1v) is 9.85. The zero-order valence-electron chi connectivity index (χ0n) is 13.7. The van der Waals surface area contributed by atoms with Crippen molar-refractivity contribution in [3.8, 4) is 17.4 Å². The summed E-state index contributed by atoms with van der Waals surface area (Å²) < 4.78 is 6.26. The highest BCUT2D eigenvalue weighted by atomic mass is 79.9. The normalized spacial score (nSPS) is 13.1. The summed E-state index contributed by atoms with van der Waals surface area (Å²) in [6.45, 7) is 0. The number of hydrogen-bond acceptors (Lipinski definition) is 5. The number of nitrogens with one attached hydrogen (secondary N) is 1. The Morgan fingerprint density at radius 2 is 2.04 bits per heavy atom. The van der Waals surface area contributed by atoms with Gasteiger partial charge in [-0.15, -0.1) is 11.3 Å². The molecule has 3 aromatic rings. The average molecular weight is 428 g/mol. The molecule has 5 nitrogen and oxygen atoms in total. The number of carbonyl (C=O) groups excluding carboxylic acids is 1. The van der Waals surface area contributed by atoms with Crippen molar-refractivity contribution in [3.63, 3.8) is 0 Å². The third kappa shape index (κ3) is 3.18. The molecule has 0 fully saturated rings. The second-order valence-corrected chi connectivity index (χ2v) is 8.09. The molecule has 4 rings (SSSR count). The average Bonchev–Trinajstić information content (AvgIpc) is 3.26. The maximum absolute atomic E-state index is 12.5. The van der Waals surface area contributed by atoms with E-state index in [1.807, 2.05) is 24.3 Å². The quantitative estimate of drug-likeness (QED) is 0.625. The standard InChI is InChI=1S/C19H14BrN3O2S/c20-12-7-5-11(6-8-12)16-9-15(23-25-16)18(24)22-19-14(10-21)13-3-1-2-4-17(13)26-19/h5-9H,1-4H2,(H,22,24). The number of amides is 1. The monoisotopic (exact) mass is 427 g/mol. The van der Waals surface area contributed by atoms with Crippen LogP contribution in [0.5, 0.6) is 0 Å². The lowest BCUT2D eigenvalue weighted by Crippen LogP contribution is -2.12. The Labute approximate surface area is 162 Å². The minimum atomic E-state index is -0.368. The lowest BCUT2D eigenvalue weighted by molar-refractivity contribution is 0.101. The van der Waals surface area contributed by atoms with Crippen molar-refractivity contribution in [2.45, 2.75) is 25.7 Å². The number of aryl methyl sites for hydroxylation is 1. The van der Waals surface area contributed by atoms with E-state index in [9.17, 15) is 10.1 Å². The number of rotatable bonds is 3. The van der Waals surface area contributed by atoms with E-state index < -0.39 is 0 Å². The van der Waals surface area contributed by atoms with Crippen molar-refractivity contribution >= 4 is 38.2 Å². The van der Waals surface area contributed by atoms with Gasteiger partial charge in [0.05, 0.1) is 5.56 Å². The van der Waals surface area contributed by atoms with E-state index in [4.69, 9.17) is 4.52 Å². The van der Waals surface area contributed by atoms with Crippen LogP contribution in [0.1, 0.15) is 39.3 Å². The van der Waals surface area contributed by atoms with Crippen LogP contribution >= 0.6 is 27.3 Å². The number of hydrogen-bond donors (Lipinski definition) is 1. The molecule has 1 amide bonds. The summed E-state index contributed by atoms with van der Waals surface area (Å²) in [7, 11) is 0. The number of anilines is 1. The van der Waals surface area contributed by atoms with Crippen molar-refractivity contribution < 1.29 is 9.32 Å². The SMILES string of the molecule is N#Cc1c(NC(=O)c2cc(-c3ccc(Br)cc3)on2)sc2c1CCCC2. The summed E-state index contributed by atoms with van der Waals surface area (Å²) in [6.07, 6.45) is 4.10. The van der Waals surface area contributed by atoms with E-state index >= 15 is 0 Å². The lowest BCUT2D eigenvalue weighted by atomic mass is 9.96. The van der Waals surface area contributed by atoms with Gasteiger partial charge in [-0.05, 0) is 43.4 Å². The number of halogens is 1. The largest absolute Gasteiger partial charge is 0.355 e. The Hall–Kier alpha value is -2.43. The van der Waals surface area contributed by atoms with Crippen molar-refractivity contribution in [3.05, 3.63) is 56.5 Å². The molecule has 0 unspecified atom stereocenters. The predicted molar refractivity (Wildman–Crippen MR) is 103 cm³/mol. The van der Waals surface area contributed by atoms with Gasteiger partial charge in [-0.3, -0.25) is 4.79 Å². The second-order valence-electron chi connectivity index (χ2n) is 6.06. The molecule has 1 aliphatic carbocycles. The van der Waals surface area contributed by atoms with Crippen LogP contribution in [-0.4, -0.2) is 11.1 Å². The first-order valence-electron chi connectivity index (χ1n) is 8.24. The van der Waals surface area contributed by atoms with E-state index in [1.165, 1.54) is 16.2 Å². The highest BCUT2D eigenvalue weighted by molar-refractivity contribution is 9.10. The molecule has 2 heterocycles. The summed E-state index contributed by atoms with van der Waals surface area (Å²) in [4.78, 5) is 13.8. The highest BCUT2D eigenvalue weighted by Crippen LogP contribution is 2.37. The zero-order valence-corrected chi connectivity index (χ0v) is 16.1. The third-order valence-corrected chi connectivity index (χ3v) is 6.12. The summed E-state index contributed by atoms with van der Waals surface area (Å²) in [5.74, 6) is 0.154. The number of thiophene rings is 1. The lowest BCUT2D eigenvalue weighted by Gasteiger charge is -2.09. The Morgan fingerprint density at radius 1 is 1.27 bits per heavy atom. The summed E-state index contributed by atoms with van der Waals surface area (Å²) in [6, 6.07) is 11.4. The van der Waals surface area contributed by atoms with Gasteiger partial charge >= 0.3 is 0 Å². The van der Waals surface area contributed by atoms with Crippen molar-refractivity contribution in [2.75, 3.05) is 5.32 Å². The number of benzene rings is 1. The van der Waals surface area contributed by atoms with Crippen LogP contribution in [0.4, 0.5) is 5.00 Å². The molecule has 7 heteroatoms. The highest BCUT2D eigenvalue weighted by Gasteiger charge is 2.23. The molecule has 130 valence electrons. The molecule has 1 N–H and O–H groups in total. The van der Waals surface area contributed by atoms with Crippen molar-refractivity contribution in [1.82, 2.24) is 5.16 Å². The number of nitriles is 1. The fourth-order valence-electron chi connectivity index (χ4n) is 3.07. The minimum absolute atomic E-state index is 0.193. The molecule has 0 aliphatic heterocycles. The smallest absolute Gasteiger partial charge is 0.278 e. The maximum Gasteiger partial charge on any atom is 0.278 e. The van der Waals surface area contributed by atoms with Gasteiger partial charge in [-0.25, -0.2) is 0 Å². The molecule has 0 atom stereocenters. The molecular formula is C19H14BrN3O2S. The molecule has 26 heavy (non-hydrogen) atoms. The Morgan fingerprint density at radius 3 is 2.81 bits per heavy atom. The predicted octanol–water partition coefficient (Wildman–Crippen LogP) is 5.17. The van der Waals surface area contributed by atoms with Crippen LogP contribution in [0.25, 0.3) is 11.3 Å². The molecule has 1 aromatic carbocycles. The molecule has 0 spiro atoms. The Kier molecular flexibility index (Phi) is 4.62.